The summed E-state index contributed by atoms with van der Waals surface area (Å²) in [5, 5.41) is 0. The monoisotopic (exact) mass is 1050 g/mol. The number of allylic oxidation sites excluding steroid dienone is 18. The second kappa shape index (κ2) is 63.6. The van der Waals surface area contributed by atoms with Crippen molar-refractivity contribution in [1.29, 1.82) is 0 Å². The molecule has 0 aliphatic carbocycles. The van der Waals surface area contributed by atoms with Gasteiger partial charge >= 0.3 is 17.9 Å². The van der Waals surface area contributed by atoms with Crippen LogP contribution in [0.15, 0.2) is 109 Å². The number of ether oxygens (including phenoxy) is 3. The zero-order chi connectivity index (χ0) is 55.0. The number of hydrogen-bond donors (Lipinski definition) is 0. The highest BCUT2D eigenvalue weighted by atomic mass is 16.6. The molecule has 0 aromatic heterocycles. The van der Waals surface area contributed by atoms with E-state index in [1.807, 2.05) is 0 Å². The van der Waals surface area contributed by atoms with E-state index in [0.717, 1.165) is 122 Å². The van der Waals surface area contributed by atoms with E-state index in [0.29, 0.717) is 19.3 Å². The number of carbonyl (C=O) groups is 3. The predicted molar refractivity (Wildman–Crippen MR) is 330 cm³/mol. The van der Waals surface area contributed by atoms with E-state index in [2.05, 4.69) is 130 Å². The van der Waals surface area contributed by atoms with Gasteiger partial charge < -0.3 is 14.2 Å². The molecule has 0 aromatic carbocycles. The van der Waals surface area contributed by atoms with Crippen LogP contribution in [0.25, 0.3) is 0 Å². The van der Waals surface area contributed by atoms with Crippen LogP contribution in [0.4, 0.5) is 0 Å². The van der Waals surface area contributed by atoms with Gasteiger partial charge in [-0.05, 0) is 103 Å². The van der Waals surface area contributed by atoms with Gasteiger partial charge in [0.25, 0.3) is 0 Å². The third-order valence-electron chi connectivity index (χ3n) is 13.5. The van der Waals surface area contributed by atoms with Crippen molar-refractivity contribution >= 4 is 17.9 Å². The summed E-state index contributed by atoms with van der Waals surface area (Å²) in [7, 11) is 0. The molecule has 0 amide bonds. The topological polar surface area (TPSA) is 78.9 Å². The first-order valence-electron chi connectivity index (χ1n) is 31.9. The Morgan fingerprint density at radius 2 is 0.513 bits per heavy atom. The molecule has 0 aromatic rings. The molecule has 434 valence electrons. The highest BCUT2D eigenvalue weighted by Crippen LogP contribution is 2.16. The lowest BCUT2D eigenvalue weighted by molar-refractivity contribution is -0.167. The third-order valence-corrected chi connectivity index (χ3v) is 13.5. The highest BCUT2D eigenvalue weighted by molar-refractivity contribution is 5.71. The van der Waals surface area contributed by atoms with Gasteiger partial charge in [0, 0.05) is 19.3 Å². The van der Waals surface area contributed by atoms with Crippen LogP contribution in [-0.4, -0.2) is 37.2 Å². The summed E-state index contributed by atoms with van der Waals surface area (Å²) in [5.74, 6) is -0.888. The second-order valence-corrected chi connectivity index (χ2v) is 20.9. The molecule has 1 atom stereocenters. The molecule has 1 unspecified atom stereocenters. The van der Waals surface area contributed by atoms with Crippen molar-refractivity contribution in [1.82, 2.24) is 0 Å². The van der Waals surface area contributed by atoms with Crippen LogP contribution >= 0.6 is 0 Å². The Morgan fingerprint density at radius 1 is 0.276 bits per heavy atom. The molecule has 0 radical (unpaired) electrons. The number of hydrogen-bond acceptors (Lipinski definition) is 6. The molecule has 0 saturated heterocycles. The zero-order valence-electron chi connectivity index (χ0n) is 49.7. The molecule has 6 nitrogen and oxygen atoms in total. The SMILES string of the molecule is CC/C=C\C/C=C\C/C=C\C/C=C\C/C=C\C/C=C\CCCCCCCCCCCCC(=O)OCC(COC(=O)CCCCCCCCCCCCCC)OC(=O)CCCCCCCCC/C=C\C/C=C\C/C=C\CC. The summed E-state index contributed by atoms with van der Waals surface area (Å²) in [6, 6.07) is 0. The standard InChI is InChI=1S/C70H118O6/c1-4-7-10-13-16-19-22-25-27-29-30-31-32-33-34-35-36-37-38-39-40-42-43-45-48-51-54-57-60-63-69(72)75-66-67(65-74-68(71)62-59-56-53-50-47-24-21-18-15-12-9-6-3)76-70(73)64-61-58-55-52-49-46-44-41-28-26-23-20-17-14-11-8-5-2/h7-8,10-11,16-17,19-20,25-28,30-31,33-34,36-37,67H,4-6,9,12-15,18,21-24,29,32,35,38-66H2,1-3H3/b10-7-,11-8-,19-16-,20-17-,27-25-,28-26-,31-30-,34-33-,37-36-. The van der Waals surface area contributed by atoms with Crippen molar-refractivity contribution in [2.75, 3.05) is 13.2 Å². The smallest absolute Gasteiger partial charge is 0.306 e. The van der Waals surface area contributed by atoms with Gasteiger partial charge in [0.15, 0.2) is 6.10 Å². The summed E-state index contributed by atoms with van der Waals surface area (Å²) in [6.45, 7) is 6.42. The lowest BCUT2D eigenvalue weighted by atomic mass is 10.0. The quantitative estimate of drug-likeness (QED) is 0.0261. The molecule has 0 heterocycles. The minimum atomic E-state index is -0.785. The van der Waals surface area contributed by atoms with Crippen LogP contribution in [0, 0.1) is 0 Å². The maximum Gasteiger partial charge on any atom is 0.306 e. The molecule has 0 bridgehead atoms. The van der Waals surface area contributed by atoms with Gasteiger partial charge in [-0.25, -0.2) is 0 Å². The first-order valence-corrected chi connectivity index (χ1v) is 31.9. The minimum absolute atomic E-state index is 0.0812. The molecule has 0 saturated carbocycles. The summed E-state index contributed by atoms with van der Waals surface area (Å²) < 4.78 is 16.9. The van der Waals surface area contributed by atoms with Crippen LogP contribution in [0.1, 0.15) is 297 Å². The van der Waals surface area contributed by atoms with E-state index in [1.54, 1.807) is 0 Å². The molecular formula is C70H118O6. The summed E-state index contributed by atoms with van der Waals surface area (Å²) >= 11 is 0. The molecular weight excluding hydrogens is 937 g/mol. The largest absolute Gasteiger partial charge is 0.462 e. The zero-order valence-corrected chi connectivity index (χ0v) is 49.7. The van der Waals surface area contributed by atoms with Crippen molar-refractivity contribution in [3.8, 4) is 0 Å². The minimum Gasteiger partial charge on any atom is -0.462 e. The molecule has 0 spiro atoms. The lowest BCUT2D eigenvalue weighted by Gasteiger charge is -2.18. The van der Waals surface area contributed by atoms with E-state index in [1.165, 1.54) is 135 Å². The second-order valence-electron chi connectivity index (χ2n) is 20.9. The van der Waals surface area contributed by atoms with Crippen LogP contribution in [0.2, 0.25) is 0 Å². The normalized spacial score (nSPS) is 12.8. The van der Waals surface area contributed by atoms with Gasteiger partial charge in [-0.3, -0.25) is 14.4 Å². The van der Waals surface area contributed by atoms with E-state index in [9.17, 15) is 14.4 Å². The highest BCUT2D eigenvalue weighted by Gasteiger charge is 2.19. The van der Waals surface area contributed by atoms with Crippen molar-refractivity contribution in [2.45, 2.75) is 303 Å². The van der Waals surface area contributed by atoms with Crippen molar-refractivity contribution < 1.29 is 28.6 Å². The number of carbonyl (C=O) groups excluding carboxylic acids is 3. The Balaban J connectivity index is 4.28. The maximum atomic E-state index is 12.9. The van der Waals surface area contributed by atoms with E-state index < -0.39 is 6.10 Å². The number of esters is 3. The molecule has 0 fully saturated rings. The Morgan fingerprint density at radius 3 is 0.803 bits per heavy atom. The summed E-state index contributed by atoms with van der Waals surface area (Å²) in [4.78, 5) is 38.3. The van der Waals surface area contributed by atoms with Crippen molar-refractivity contribution in [3.05, 3.63) is 109 Å². The number of unbranched alkanes of at least 4 members (excludes halogenated alkanes) is 28. The fraction of sp³-hybridized carbons (Fsp3) is 0.700. The fourth-order valence-corrected chi connectivity index (χ4v) is 8.81. The number of rotatable bonds is 57. The molecule has 0 aliphatic heterocycles. The van der Waals surface area contributed by atoms with E-state index in [4.69, 9.17) is 14.2 Å². The maximum absolute atomic E-state index is 12.9. The first-order chi connectivity index (χ1) is 37.5. The first kappa shape index (κ1) is 72.1. The Labute approximate surface area is 470 Å². The molecule has 76 heavy (non-hydrogen) atoms. The molecule has 0 N–H and O–H groups in total. The van der Waals surface area contributed by atoms with Gasteiger partial charge in [-0.1, -0.05) is 284 Å². The fourth-order valence-electron chi connectivity index (χ4n) is 8.81. The van der Waals surface area contributed by atoms with Crippen molar-refractivity contribution in [3.63, 3.8) is 0 Å². The predicted octanol–water partition coefficient (Wildman–Crippen LogP) is 21.8. The van der Waals surface area contributed by atoms with Gasteiger partial charge in [-0.15, -0.1) is 0 Å². The summed E-state index contributed by atoms with van der Waals surface area (Å²) in [6.07, 6.45) is 86.6. The van der Waals surface area contributed by atoms with Crippen LogP contribution in [-0.2, 0) is 28.6 Å². The Hall–Kier alpha value is -3.93. The van der Waals surface area contributed by atoms with Crippen LogP contribution < -0.4 is 0 Å². The van der Waals surface area contributed by atoms with E-state index in [-0.39, 0.29) is 31.1 Å². The summed E-state index contributed by atoms with van der Waals surface area (Å²) in [5.41, 5.74) is 0. The lowest BCUT2D eigenvalue weighted by Crippen LogP contribution is -2.30. The average Bonchev–Trinajstić information content (AvgIpc) is 3.42. The molecule has 6 heteroatoms. The Bertz CT molecular complexity index is 1540. The van der Waals surface area contributed by atoms with Crippen molar-refractivity contribution in [2.24, 2.45) is 0 Å². The third kappa shape index (κ3) is 60.9. The Kier molecular flexibility index (Phi) is 60.3. The van der Waals surface area contributed by atoms with Crippen LogP contribution in [0.3, 0.4) is 0 Å². The van der Waals surface area contributed by atoms with Crippen LogP contribution in [0.5, 0.6) is 0 Å². The van der Waals surface area contributed by atoms with Gasteiger partial charge in [-0.2, -0.15) is 0 Å². The molecule has 0 aliphatic rings. The van der Waals surface area contributed by atoms with Gasteiger partial charge in [0.1, 0.15) is 13.2 Å². The van der Waals surface area contributed by atoms with E-state index >= 15 is 0 Å². The van der Waals surface area contributed by atoms with Gasteiger partial charge in [0.2, 0.25) is 0 Å². The average molecular weight is 1060 g/mol. The van der Waals surface area contributed by atoms with Gasteiger partial charge in [0.05, 0.1) is 0 Å². The molecule has 0 rings (SSSR count).